The number of hydrazone groups is 1. The molecule has 1 aliphatic rings. The van der Waals surface area contributed by atoms with Crippen LogP contribution in [-0.2, 0) is 17.1 Å². The minimum absolute atomic E-state index is 0.0479. The third-order valence-electron chi connectivity index (χ3n) is 5.15. The highest BCUT2D eigenvalue weighted by Crippen LogP contribution is 2.38. The molecule has 0 fully saturated rings. The van der Waals surface area contributed by atoms with Gasteiger partial charge in [-0.1, -0.05) is 12.1 Å². The first kappa shape index (κ1) is 19.2. The van der Waals surface area contributed by atoms with Gasteiger partial charge in [0.25, 0.3) is 0 Å². The second kappa shape index (κ2) is 7.02. The zero-order valence-electron chi connectivity index (χ0n) is 16.0. The predicted molar refractivity (Wildman–Crippen MR) is 110 cm³/mol. The lowest BCUT2D eigenvalue weighted by Crippen LogP contribution is -2.19. The second-order valence-electron chi connectivity index (χ2n) is 7.01. The zero-order valence-corrected chi connectivity index (χ0v) is 16.8. The van der Waals surface area contributed by atoms with Gasteiger partial charge in [0, 0.05) is 30.3 Å². The molecular formula is C20H21N5O3S. The van der Waals surface area contributed by atoms with Crippen molar-refractivity contribution in [3.05, 3.63) is 71.5 Å². The lowest BCUT2D eigenvalue weighted by atomic mass is 9.98. The number of phenolic OH excluding ortho intramolecular Hbond substituents is 1. The van der Waals surface area contributed by atoms with Crippen molar-refractivity contribution in [2.75, 3.05) is 5.01 Å². The molecule has 1 atom stereocenters. The molecular weight excluding hydrogens is 390 g/mol. The number of nitrogens with two attached hydrogens (primary N) is 1. The van der Waals surface area contributed by atoms with E-state index in [0.717, 1.165) is 28.2 Å². The topological polar surface area (TPSA) is 114 Å². The molecule has 3 N–H and O–H groups in total. The summed E-state index contributed by atoms with van der Waals surface area (Å²) in [6, 6.07) is 13.2. The summed E-state index contributed by atoms with van der Waals surface area (Å²) in [6.45, 7) is 2.00. The Morgan fingerprint density at radius 2 is 1.90 bits per heavy atom. The Morgan fingerprint density at radius 1 is 1.17 bits per heavy atom. The molecule has 0 amide bonds. The van der Waals surface area contributed by atoms with Crippen LogP contribution in [0.5, 0.6) is 5.75 Å². The molecule has 2 aromatic carbocycles. The number of hydrogen-bond donors (Lipinski definition) is 2. The van der Waals surface area contributed by atoms with Gasteiger partial charge in [-0.25, -0.2) is 13.6 Å². The molecule has 8 nitrogen and oxygen atoms in total. The van der Waals surface area contributed by atoms with Gasteiger partial charge in [-0.05, 0) is 43.3 Å². The smallest absolute Gasteiger partial charge is 0.238 e. The lowest BCUT2D eigenvalue weighted by molar-refractivity contribution is 0.475. The number of sulfonamides is 1. The molecule has 1 aliphatic heterocycles. The minimum Gasteiger partial charge on any atom is -0.508 e. The Kier molecular flexibility index (Phi) is 4.64. The average molecular weight is 411 g/mol. The molecule has 0 spiro atoms. The molecule has 4 rings (SSSR count). The summed E-state index contributed by atoms with van der Waals surface area (Å²) in [5.41, 5.74) is 4.45. The van der Waals surface area contributed by atoms with E-state index < -0.39 is 10.0 Å². The fourth-order valence-electron chi connectivity index (χ4n) is 3.48. The van der Waals surface area contributed by atoms with E-state index in [2.05, 4.69) is 5.10 Å². The van der Waals surface area contributed by atoms with Crippen molar-refractivity contribution in [3.8, 4) is 5.75 Å². The number of anilines is 1. The minimum atomic E-state index is -3.77. The first-order valence-electron chi connectivity index (χ1n) is 9.01. The van der Waals surface area contributed by atoms with Crippen molar-refractivity contribution in [2.24, 2.45) is 17.3 Å². The molecule has 0 unspecified atom stereocenters. The van der Waals surface area contributed by atoms with Gasteiger partial charge in [0.2, 0.25) is 10.0 Å². The molecule has 3 aromatic rings. The van der Waals surface area contributed by atoms with E-state index >= 15 is 0 Å². The van der Waals surface area contributed by atoms with Crippen molar-refractivity contribution in [1.29, 1.82) is 0 Å². The molecule has 1 aromatic heterocycles. The van der Waals surface area contributed by atoms with Crippen LogP contribution in [0.1, 0.15) is 29.3 Å². The fraction of sp³-hybridized carbons (Fsp3) is 0.200. The van der Waals surface area contributed by atoms with Gasteiger partial charge in [0.05, 0.1) is 28.5 Å². The molecule has 0 radical (unpaired) electrons. The lowest BCUT2D eigenvalue weighted by Gasteiger charge is -2.23. The Bertz CT molecular complexity index is 1200. The highest BCUT2D eigenvalue weighted by molar-refractivity contribution is 7.89. The number of aryl methyl sites for hydroxylation is 1. The number of benzene rings is 2. The van der Waals surface area contributed by atoms with Crippen molar-refractivity contribution in [3.63, 3.8) is 0 Å². The SMILES string of the molecule is Cc1c([C@@H]2CC(c3cccc(O)c3)=NN2c2ccc(S(N)(=O)=O)cc2)cnn1C. The number of aromatic hydroxyl groups is 1. The van der Waals surface area contributed by atoms with Crippen LogP contribution in [-0.4, -0.2) is 29.0 Å². The Hall–Kier alpha value is -3.17. The molecule has 0 saturated heterocycles. The van der Waals surface area contributed by atoms with Gasteiger partial charge in [-0.15, -0.1) is 0 Å². The van der Waals surface area contributed by atoms with Gasteiger partial charge >= 0.3 is 0 Å². The van der Waals surface area contributed by atoms with Crippen molar-refractivity contribution >= 4 is 21.4 Å². The number of hydrogen-bond acceptors (Lipinski definition) is 6. The first-order chi connectivity index (χ1) is 13.7. The molecule has 0 aliphatic carbocycles. The average Bonchev–Trinajstić information content (AvgIpc) is 3.25. The highest BCUT2D eigenvalue weighted by Gasteiger charge is 2.32. The van der Waals surface area contributed by atoms with E-state index in [4.69, 9.17) is 10.2 Å². The van der Waals surface area contributed by atoms with E-state index in [1.165, 1.54) is 12.1 Å². The number of primary sulfonamides is 1. The largest absolute Gasteiger partial charge is 0.508 e. The molecule has 2 heterocycles. The number of aromatic nitrogens is 2. The summed E-state index contributed by atoms with van der Waals surface area (Å²) in [6.07, 6.45) is 2.44. The summed E-state index contributed by atoms with van der Waals surface area (Å²) >= 11 is 0. The Labute approximate surface area is 168 Å². The van der Waals surface area contributed by atoms with Crippen LogP contribution in [0.4, 0.5) is 5.69 Å². The molecule has 29 heavy (non-hydrogen) atoms. The van der Waals surface area contributed by atoms with Gasteiger partial charge in [-0.3, -0.25) is 9.69 Å². The highest BCUT2D eigenvalue weighted by atomic mass is 32.2. The van der Waals surface area contributed by atoms with E-state index in [0.29, 0.717) is 6.42 Å². The quantitative estimate of drug-likeness (QED) is 0.684. The normalized spacial score (nSPS) is 16.9. The second-order valence-corrected chi connectivity index (χ2v) is 8.57. The van der Waals surface area contributed by atoms with Gasteiger partial charge < -0.3 is 5.11 Å². The maximum atomic E-state index is 11.6. The third kappa shape index (κ3) is 3.62. The van der Waals surface area contributed by atoms with Gasteiger partial charge in [-0.2, -0.15) is 10.2 Å². The van der Waals surface area contributed by atoms with E-state index in [1.807, 2.05) is 35.9 Å². The van der Waals surface area contributed by atoms with E-state index in [1.54, 1.807) is 30.3 Å². The molecule has 0 saturated carbocycles. The summed E-state index contributed by atoms with van der Waals surface area (Å²) in [7, 11) is -1.88. The summed E-state index contributed by atoms with van der Waals surface area (Å²) in [5, 5.41) is 26.1. The number of phenols is 1. The van der Waals surface area contributed by atoms with Crippen LogP contribution in [0.25, 0.3) is 0 Å². The van der Waals surface area contributed by atoms with Crippen molar-refractivity contribution < 1.29 is 13.5 Å². The molecule has 0 bridgehead atoms. The number of nitrogens with zero attached hydrogens (tertiary/aromatic N) is 4. The standard InChI is InChI=1S/C20H21N5O3S/c1-13-18(12-22-24(13)2)20-11-19(14-4-3-5-16(26)10-14)23-25(20)15-6-8-17(9-7-15)29(21,27)28/h3-10,12,20,26H,11H2,1-2H3,(H2,21,27,28)/t20-/m0/s1. The van der Waals surface area contributed by atoms with Crippen LogP contribution in [0.15, 0.2) is 64.7 Å². The van der Waals surface area contributed by atoms with Crippen LogP contribution >= 0.6 is 0 Å². The summed E-state index contributed by atoms with van der Waals surface area (Å²) < 4.78 is 24.9. The predicted octanol–water partition coefficient (Wildman–Crippen LogP) is 2.44. The summed E-state index contributed by atoms with van der Waals surface area (Å²) in [4.78, 5) is 0.0479. The first-order valence-corrected chi connectivity index (χ1v) is 10.6. The zero-order chi connectivity index (χ0) is 20.8. The van der Waals surface area contributed by atoms with Crippen molar-refractivity contribution in [2.45, 2.75) is 24.3 Å². The van der Waals surface area contributed by atoms with Crippen LogP contribution in [0.3, 0.4) is 0 Å². The Balaban J connectivity index is 1.78. The monoisotopic (exact) mass is 411 g/mol. The fourth-order valence-corrected chi connectivity index (χ4v) is 4.00. The molecule has 9 heteroatoms. The van der Waals surface area contributed by atoms with Gasteiger partial charge in [0.15, 0.2) is 0 Å². The van der Waals surface area contributed by atoms with Crippen LogP contribution in [0.2, 0.25) is 0 Å². The third-order valence-corrected chi connectivity index (χ3v) is 6.08. The van der Waals surface area contributed by atoms with Crippen LogP contribution < -0.4 is 10.1 Å². The van der Waals surface area contributed by atoms with Crippen LogP contribution in [0, 0.1) is 6.92 Å². The number of rotatable bonds is 4. The van der Waals surface area contributed by atoms with Gasteiger partial charge in [0.1, 0.15) is 5.75 Å². The maximum absolute atomic E-state index is 11.6. The maximum Gasteiger partial charge on any atom is 0.238 e. The van der Waals surface area contributed by atoms with E-state index in [-0.39, 0.29) is 16.7 Å². The van der Waals surface area contributed by atoms with E-state index in [9.17, 15) is 13.5 Å². The Morgan fingerprint density at radius 3 is 2.48 bits per heavy atom. The van der Waals surface area contributed by atoms with Crippen molar-refractivity contribution in [1.82, 2.24) is 9.78 Å². The molecule has 150 valence electrons. The summed E-state index contributed by atoms with van der Waals surface area (Å²) in [5.74, 6) is 0.176.